The molecule has 0 aliphatic heterocycles. The molecule has 0 aliphatic rings. The summed E-state index contributed by atoms with van der Waals surface area (Å²) in [5.74, 6) is 0. The summed E-state index contributed by atoms with van der Waals surface area (Å²) in [6, 6.07) is 19.0. The summed E-state index contributed by atoms with van der Waals surface area (Å²) in [5, 5.41) is 7.29. The van der Waals surface area contributed by atoms with Crippen LogP contribution in [-0.2, 0) is 0 Å². The number of allylic oxidation sites excluding steroid dienone is 2. The molecule has 0 N–H and O–H groups in total. The van der Waals surface area contributed by atoms with Crippen LogP contribution in [0.15, 0.2) is 76.6 Å². The fourth-order valence-electron chi connectivity index (χ4n) is 1.59. The van der Waals surface area contributed by atoms with E-state index in [4.69, 9.17) is 0 Å². The van der Waals surface area contributed by atoms with E-state index >= 15 is 0 Å². The van der Waals surface area contributed by atoms with Gasteiger partial charge < -0.3 is 0 Å². The quantitative estimate of drug-likeness (QED) is 0.627. The minimum Gasteiger partial charge on any atom is -0.192 e. The lowest BCUT2D eigenvalue weighted by molar-refractivity contribution is 1.08. The van der Waals surface area contributed by atoms with Crippen LogP contribution in [0, 0.1) is 6.92 Å². The molecule has 104 valence electrons. The van der Waals surface area contributed by atoms with Crippen LogP contribution in [0.5, 0.6) is 0 Å². The van der Waals surface area contributed by atoms with Crippen LogP contribution in [0.3, 0.4) is 0 Å². The van der Waals surface area contributed by atoms with Gasteiger partial charge in [0.2, 0.25) is 0 Å². The maximum absolute atomic E-state index is 3.73. The van der Waals surface area contributed by atoms with Crippen LogP contribution in [-0.4, -0.2) is 7.05 Å². The molecule has 0 amide bonds. The Bertz CT molecular complexity index is 552. The molecule has 2 aromatic rings. The molecular formula is C18H22N2. The predicted octanol–water partition coefficient (Wildman–Crippen LogP) is 5.65. The Morgan fingerprint density at radius 1 is 0.900 bits per heavy atom. The third-order valence-electron chi connectivity index (χ3n) is 2.83. The van der Waals surface area contributed by atoms with E-state index in [1.807, 2.05) is 26.0 Å². The van der Waals surface area contributed by atoms with Gasteiger partial charge in [0, 0.05) is 7.05 Å². The number of aryl methyl sites for hydroxylation is 1. The van der Waals surface area contributed by atoms with Crippen LogP contribution < -0.4 is 0 Å². The van der Waals surface area contributed by atoms with E-state index in [-0.39, 0.29) is 0 Å². The predicted molar refractivity (Wildman–Crippen MR) is 86.8 cm³/mol. The normalized spacial score (nSPS) is 11.1. The van der Waals surface area contributed by atoms with Crippen molar-refractivity contribution in [3.05, 3.63) is 71.9 Å². The second-order valence-corrected chi connectivity index (χ2v) is 4.46. The fourth-order valence-corrected chi connectivity index (χ4v) is 1.59. The highest BCUT2D eigenvalue weighted by molar-refractivity contribution is 5.63. The van der Waals surface area contributed by atoms with E-state index < -0.39 is 0 Å². The molecule has 20 heavy (non-hydrogen) atoms. The zero-order chi connectivity index (χ0) is 14.8. The minimum atomic E-state index is 0.961. The van der Waals surface area contributed by atoms with Gasteiger partial charge in [0.05, 0.1) is 5.70 Å². The second-order valence-electron chi connectivity index (χ2n) is 4.46. The molecule has 2 aromatic carbocycles. The first kappa shape index (κ1) is 15.8. The third-order valence-corrected chi connectivity index (χ3v) is 2.83. The summed E-state index contributed by atoms with van der Waals surface area (Å²) >= 11 is 0. The topological polar surface area (TPSA) is 24.7 Å². The van der Waals surface area contributed by atoms with Gasteiger partial charge in [-0.15, -0.1) is 0 Å². The van der Waals surface area contributed by atoms with E-state index in [2.05, 4.69) is 65.7 Å². The Labute approximate surface area is 121 Å². The van der Waals surface area contributed by atoms with E-state index in [1.165, 1.54) is 16.7 Å². The van der Waals surface area contributed by atoms with Crippen molar-refractivity contribution in [3.8, 4) is 11.1 Å². The van der Waals surface area contributed by atoms with Crippen molar-refractivity contribution in [2.24, 2.45) is 10.2 Å². The third kappa shape index (κ3) is 5.61. The molecule has 0 heterocycles. The van der Waals surface area contributed by atoms with Crippen molar-refractivity contribution in [3.63, 3.8) is 0 Å². The molecule has 0 saturated carbocycles. The van der Waals surface area contributed by atoms with Crippen LogP contribution in [0.1, 0.15) is 19.4 Å². The van der Waals surface area contributed by atoms with Gasteiger partial charge in [0.25, 0.3) is 0 Å². The second kappa shape index (κ2) is 8.81. The van der Waals surface area contributed by atoms with Gasteiger partial charge in [-0.05, 0) is 31.9 Å². The molecule has 0 spiro atoms. The fraction of sp³-hybridized carbons (Fsp3) is 0.222. The number of rotatable bonds is 2. The van der Waals surface area contributed by atoms with Crippen molar-refractivity contribution in [2.45, 2.75) is 20.8 Å². The minimum absolute atomic E-state index is 0.961. The largest absolute Gasteiger partial charge is 0.192 e. The smallest absolute Gasteiger partial charge is 0.0552 e. The van der Waals surface area contributed by atoms with Gasteiger partial charge in [-0.1, -0.05) is 66.2 Å². The van der Waals surface area contributed by atoms with E-state index in [0.29, 0.717) is 0 Å². The van der Waals surface area contributed by atoms with Crippen molar-refractivity contribution in [1.29, 1.82) is 0 Å². The first-order valence-electron chi connectivity index (χ1n) is 6.72. The highest BCUT2D eigenvalue weighted by Gasteiger charge is 1.93. The highest BCUT2D eigenvalue weighted by Crippen LogP contribution is 2.18. The molecule has 2 nitrogen and oxygen atoms in total. The van der Waals surface area contributed by atoms with E-state index in [0.717, 1.165) is 5.70 Å². The maximum Gasteiger partial charge on any atom is 0.0552 e. The van der Waals surface area contributed by atoms with Crippen molar-refractivity contribution in [2.75, 3.05) is 7.05 Å². The van der Waals surface area contributed by atoms with Gasteiger partial charge in [-0.25, -0.2) is 0 Å². The number of azo groups is 1. The first-order chi connectivity index (χ1) is 9.67. The van der Waals surface area contributed by atoms with Gasteiger partial charge in [0.15, 0.2) is 0 Å². The average molecular weight is 266 g/mol. The molecule has 0 radical (unpaired) electrons. The van der Waals surface area contributed by atoms with Crippen molar-refractivity contribution in [1.82, 2.24) is 0 Å². The monoisotopic (exact) mass is 266 g/mol. The Kier molecular flexibility index (Phi) is 6.97. The van der Waals surface area contributed by atoms with Crippen LogP contribution >= 0.6 is 0 Å². The molecule has 0 bridgehead atoms. The summed E-state index contributed by atoms with van der Waals surface area (Å²) < 4.78 is 0. The zero-order valence-electron chi connectivity index (χ0n) is 12.7. The van der Waals surface area contributed by atoms with E-state index in [1.54, 1.807) is 7.05 Å². The van der Waals surface area contributed by atoms with Crippen molar-refractivity contribution >= 4 is 0 Å². The van der Waals surface area contributed by atoms with E-state index in [9.17, 15) is 0 Å². The first-order valence-corrected chi connectivity index (χ1v) is 6.72. The van der Waals surface area contributed by atoms with Crippen LogP contribution in [0.25, 0.3) is 11.1 Å². The Hall–Kier alpha value is -2.22. The van der Waals surface area contributed by atoms with Gasteiger partial charge in [0.1, 0.15) is 0 Å². The standard InChI is InChI=1S/C13H12.C5H10N2/c1-11-7-9-13(10-8-11)12-5-3-2-4-6-12;1-4-5(2)7-6-3/h2-10H,1H3;4H,1-3H3/b;5-4-,7-6?. The highest BCUT2D eigenvalue weighted by atomic mass is 15.1. The molecule has 0 aromatic heterocycles. The molecule has 2 rings (SSSR count). The molecule has 0 atom stereocenters. The number of nitrogens with zero attached hydrogens (tertiary/aromatic N) is 2. The van der Waals surface area contributed by atoms with Crippen LogP contribution in [0.2, 0.25) is 0 Å². The summed E-state index contributed by atoms with van der Waals surface area (Å²) in [6.07, 6.45) is 1.91. The molecular weight excluding hydrogens is 244 g/mol. The number of hydrogen-bond acceptors (Lipinski definition) is 2. The number of hydrogen-bond donors (Lipinski definition) is 0. The molecule has 2 heteroatoms. The lowest BCUT2D eigenvalue weighted by Crippen LogP contribution is -1.76. The summed E-state index contributed by atoms with van der Waals surface area (Å²) in [6.45, 7) is 5.95. The summed E-state index contributed by atoms with van der Waals surface area (Å²) in [7, 11) is 1.66. The average Bonchev–Trinajstić information content (AvgIpc) is 2.50. The number of benzene rings is 2. The molecule has 0 unspecified atom stereocenters. The molecule has 0 saturated heterocycles. The van der Waals surface area contributed by atoms with Gasteiger partial charge in [-0.2, -0.15) is 10.2 Å². The van der Waals surface area contributed by atoms with Crippen molar-refractivity contribution < 1.29 is 0 Å². The van der Waals surface area contributed by atoms with Gasteiger partial charge in [-0.3, -0.25) is 0 Å². The zero-order valence-corrected chi connectivity index (χ0v) is 12.7. The van der Waals surface area contributed by atoms with Crippen LogP contribution in [0.4, 0.5) is 0 Å². The lowest BCUT2D eigenvalue weighted by Gasteiger charge is -2.00. The Balaban J connectivity index is 0.000000246. The maximum atomic E-state index is 3.73. The summed E-state index contributed by atoms with van der Waals surface area (Å²) in [4.78, 5) is 0. The van der Waals surface area contributed by atoms with Gasteiger partial charge >= 0.3 is 0 Å². The lowest BCUT2D eigenvalue weighted by atomic mass is 10.0. The molecule has 0 aliphatic carbocycles. The summed E-state index contributed by atoms with van der Waals surface area (Å²) in [5.41, 5.74) is 4.83. The molecule has 0 fully saturated rings. The Morgan fingerprint density at radius 2 is 1.45 bits per heavy atom. The SMILES string of the molecule is C/C=C(/C)N=NC.Cc1ccc(-c2ccccc2)cc1. The Morgan fingerprint density at radius 3 is 1.90 bits per heavy atom.